The molecule has 0 radical (unpaired) electrons. The molecule has 0 saturated heterocycles. The summed E-state index contributed by atoms with van der Waals surface area (Å²) in [6, 6.07) is 11.7. The maximum atomic E-state index is 12.0. The largest absolute Gasteiger partial charge is 0.494 e. The van der Waals surface area contributed by atoms with Gasteiger partial charge in [-0.2, -0.15) is 11.3 Å². The second-order valence-electron chi connectivity index (χ2n) is 5.20. The molecule has 0 unspecified atom stereocenters. The van der Waals surface area contributed by atoms with E-state index in [1.54, 1.807) is 22.7 Å². The van der Waals surface area contributed by atoms with E-state index in [2.05, 4.69) is 15.7 Å². The molecule has 0 fully saturated rings. The molecule has 24 heavy (non-hydrogen) atoms. The van der Waals surface area contributed by atoms with Gasteiger partial charge in [0.2, 0.25) is 5.91 Å². The molecular weight excluding hydrogens is 340 g/mol. The third-order valence-electron chi connectivity index (χ3n) is 3.32. The molecule has 0 aliphatic heterocycles. The fourth-order valence-corrected chi connectivity index (χ4v) is 3.67. The van der Waals surface area contributed by atoms with Crippen LogP contribution in [-0.2, 0) is 11.2 Å². The first-order valence-electron chi connectivity index (χ1n) is 7.73. The molecule has 3 aromatic rings. The zero-order valence-corrected chi connectivity index (χ0v) is 14.7. The molecule has 0 aliphatic carbocycles. The minimum atomic E-state index is -0.00289. The molecule has 1 amide bonds. The van der Waals surface area contributed by atoms with E-state index in [-0.39, 0.29) is 5.91 Å². The van der Waals surface area contributed by atoms with E-state index >= 15 is 0 Å². The van der Waals surface area contributed by atoms with E-state index in [1.807, 2.05) is 47.2 Å². The number of hydrogen-bond donors (Lipinski definition) is 1. The summed E-state index contributed by atoms with van der Waals surface area (Å²) in [6.07, 6.45) is 1.10. The number of rotatable bonds is 8. The first-order valence-corrected chi connectivity index (χ1v) is 9.55. The van der Waals surface area contributed by atoms with Gasteiger partial charge < -0.3 is 10.1 Å². The Morgan fingerprint density at radius 1 is 1.17 bits per heavy atom. The lowest BCUT2D eigenvalue weighted by molar-refractivity contribution is -0.120. The standard InChI is InChI=1S/C18H18N2O2S2/c21-17(19-8-4-9-22-16-5-2-1-3-6-16)11-15-13-24-18(20-15)14-7-10-23-12-14/h1-3,5-7,10,12-13H,4,8-9,11H2,(H,19,21). The molecule has 0 bridgehead atoms. The highest BCUT2D eigenvalue weighted by molar-refractivity contribution is 7.14. The lowest BCUT2D eigenvalue weighted by atomic mass is 10.3. The molecule has 0 aliphatic rings. The lowest BCUT2D eigenvalue weighted by Gasteiger charge is -2.06. The van der Waals surface area contributed by atoms with Gasteiger partial charge in [-0.1, -0.05) is 18.2 Å². The summed E-state index contributed by atoms with van der Waals surface area (Å²) in [6.45, 7) is 1.19. The second-order valence-corrected chi connectivity index (χ2v) is 6.84. The Bertz CT molecular complexity index is 754. The van der Waals surface area contributed by atoms with Crippen LogP contribution in [0.3, 0.4) is 0 Å². The lowest BCUT2D eigenvalue weighted by Crippen LogP contribution is -2.27. The summed E-state index contributed by atoms with van der Waals surface area (Å²) in [5.74, 6) is 0.851. The number of ether oxygens (including phenoxy) is 1. The number of carbonyl (C=O) groups excluding carboxylic acids is 1. The van der Waals surface area contributed by atoms with Crippen LogP contribution in [0, 0.1) is 0 Å². The first kappa shape index (κ1) is 16.7. The van der Waals surface area contributed by atoms with Gasteiger partial charge in [-0.05, 0) is 30.0 Å². The van der Waals surface area contributed by atoms with Gasteiger partial charge in [-0.15, -0.1) is 11.3 Å². The number of aromatic nitrogens is 1. The van der Waals surface area contributed by atoms with Gasteiger partial charge in [0.1, 0.15) is 10.8 Å². The highest BCUT2D eigenvalue weighted by atomic mass is 32.1. The molecule has 0 saturated carbocycles. The smallest absolute Gasteiger partial charge is 0.226 e. The van der Waals surface area contributed by atoms with E-state index in [9.17, 15) is 4.79 Å². The second kappa shape index (κ2) is 8.61. The predicted octanol–water partition coefficient (Wildman–Crippen LogP) is 4.00. The average molecular weight is 358 g/mol. The van der Waals surface area contributed by atoms with Crippen LogP contribution >= 0.6 is 22.7 Å². The summed E-state index contributed by atoms with van der Waals surface area (Å²) in [5, 5.41) is 9.92. The van der Waals surface area contributed by atoms with Gasteiger partial charge in [-0.3, -0.25) is 4.79 Å². The minimum Gasteiger partial charge on any atom is -0.494 e. The molecular formula is C18H18N2O2S2. The summed E-state index contributed by atoms with van der Waals surface area (Å²) in [7, 11) is 0. The van der Waals surface area contributed by atoms with Crippen LogP contribution in [-0.4, -0.2) is 24.0 Å². The van der Waals surface area contributed by atoms with Crippen molar-refractivity contribution in [1.29, 1.82) is 0 Å². The van der Waals surface area contributed by atoms with Crippen molar-refractivity contribution in [3.8, 4) is 16.3 Å². The molecule has 1 N–H and O–H groups in total. The maximum Gasteiger partial charge on any atom is 0.226 e. The summed E-state index contributed by atoms with van der Waals surface area (Å²) in [4.78, 5) is 16.5. The highest BCUT2D eigenvalue weighted by Gasteiger charge is 2.09. The number of thiophene rings is 1. The van der Waals surface area contributed by atoms with Crippen LogP contribution in [0.5, 0.6) is 5.75 Å². The quantitative estimate of drug-likeness (QED) is 0.619. The Hall–Kier alpha value is -2.18. The van der Waals surface area contributed by atoms with Crippen molar-refractivity contribution in [3.05, 3.63) is 58.2 Å². The topological polar surface area (TPSA) is 51.2 Å². The Morgan fingerprint density at radius 2 is 2.04 bits per heavy atom. The molecule has 0 atom stereocenters. The third kappa shape index (κ3) is 4.91. The number of nitrogens with one attached hydrogen (secondary N) is 1. The van der Waals surface area contributed by atoms with Crippen molar-refractivity contribution in [2.75, 3.05) is 13.2 Å². The number of nitrogens with zero attached hydrogens (tertiary/aromatic N) is 1. The van der Waals surface area contributed by atoms with Crippen molar-refractivity contribution in [2.24, 2.45) is 0 Å². The van der Waals surface area contributed by atoms with Gasteiger partial charge in [0.25, 0.3) is 0 Å². The Balaban J connectivity index is 1.35. The van der Waals surface area contributed by atoms with Crippen LogP contribution in [0.1, 0.15) is 12.1 Å². The van der Waals surface area contributed by atoms with E-state index < -0.39 is 0 Å². The molecule has 2 heterocycles. The molecule has 6 heteroatoms. The average Bonchev–Trinajstić information content (AvgIpc) is 3.27. The van der Waals surface area contributed by atoms with E-state index in [0.717, 1.165) is 28.4 Å². The van der Waals surface area contributed by atoms with Crippen LogP contribution < -0.4 is 10.1 Å². The molecule has 0 spiro atoms. The summed E-state index contributed by atoms with van der Waals surface area (Å²) >= 11 is 3.22. The monoisotopic (exact) mass is 358 g/mol. The molecule has 124 valence electrons. The van der Waals surface area contributed by atoms with Gasteiger partial charge in [0, 0.05) is 22.9 Å². The zero-order valence-electron chi connectivity index (χ0n) is 13.1. The summed E-state index contributed by atoms with van der Waals surface area (Å²) in [5.41, 5.74) is 1.94. The van der Waals surface area contributed by atoms with Crippen LogP contribution in [0.15, 0.2) is 52.5 Å². The van der Waals surface area contributed by atoms with Crippen molar-refractivity contribution >= 4 is 28.6 Å². The normalized spacial score (nSPS) is 10.5. The predicted molar refractivity (Wildman–Crippen MR) is 98.7 cm³/mol. The fraction of sp³-hybridized carbons (Fsp3) is 0.222. The maximum absolute atomic E-state index is 12.0. The zero-order chi connectivity index (χ0) is 16.6. The molecule has 3 rings (SSSR count). The van der Waals surface area contributed by atoms with E-state index in [4.69, 9.17) is 4.74 Å². The first-order chi connectivity index (χ1) is 11.8. The van der Waals surface area contributed by atoms with Crippen molar-refractivity contribution < 1.29 is 9.53 Å². The molecule has 4 nitrogen and oxygen atoms in total. The van der Waals surface area contributed by atoms with E-state index in [0.29, 0.717) is 19.6 Å². The van der Waals surface area contributed by atoms with Crippen molar-refractivity contribution in [1.82, 2.24) is 10.3 Å². The van der Waals surface area contributed by atoms with Crippen LogP contribution in [0.4, 0.5) is 0 Å². The number of hydrogen-bond acceptors (Lipinski definition) is 5. The third-order valence-corrected chi connectivity index (χ3v) is 4.94. The molecule has 2 aromatic heterocycles. The van der Waals surface area contributed by atoms with Crippen molar-refractivity contribution in [3.63, 3.8) is 0 Å². The summed E-state index contributed by atoms with van der Waals surface area (Å²) < 4.78 is 5.59. The highest BCUT2D eigenvalue weighted by Crippen LogP contribution is 2.25. The number of amides is 1. The van der Waals surface area contributed by atoms with Crippen LogP contribution in [0.2, 0.25) is 0 Å². The Labute approximate surface area is 149 Å². The Kier molecular flexibility index (Phi) is 5.98. The van der Waals surface area contributed by atoms with E-state index in [1.165, 1.54) is 0 Å². The van der Waals surface area contributed by atoms with Gasteiger partial charge >= 0.3 is 0 Å². The van der Waals surface area contributed by atoms with Crippen LogP contribution in [0.25, 0.3) is 10.6 Å². The number of para-hydroxylation sites is 1. The SMILES string of the molecule is O=C(Cc1csc(-c2ccsc2)n1)NCCCOc1ccccc1. The van der Waals surface area contributed by atoms with Gasteiger partial charge in [-0.25, -0.2) is 4.98 Å². The Morgan fingerprint density at radius 3 is 2.83 bits per heavy atom. The fourth-order valence-electron chi connectivity index (χ4n) is 2.14. The van der Waals surface area contributed by atoms with Crippen molar-refractivity contribution in [2.45, 2.75) is 12.8 Å². The van der Waals surface area contributed by atoms with Gasteiger partial charge in [0.15, 0.2) is 0 Å². The number of benzene rings is 1. The number of thiazole rings is 1. The van der Waals surface area contributed by atoms with Gasteiger partial charge in [0.05, 0.1) is 18.7 Å². The molecule has 1 aromatic carbocycles. The number of carbonyl (C=O) groups is 1. The minimum absolute atomic E-state index is 0.00289.